The lowest BCUT2D eigenvalue weighted by Gasteiger charge is -2.13. The van der Waals surface area contributed by atoms with Crippen LogP contribution in [0, 0.1) is 0 Å². The maximum absolute atomic E-state index is 12.3. The molecule has 5 heteroatoms. The SMILES string of the molecule is CC(OCCCNC(=O)c1[nH]c2ccccc2c1Br)c1ccccc1. The van der Waals surface area contributed by atoms with E-state index in [0.29, 0.717) is 18.8 Å². The summed E-state index contributed by atoms with van der Waals surface area (Å²) in [5, 5.41) is 3.94. The van der Waals surface area contributed by atoms with Gasteiger partial charge in [-0.25, -0.2) is 0 Å². The quantitative estimate of drug-likeness (QED) is 0.558. The fraction of sp³-hybridized carbons (Fsp3) is 0.250. The average molecular weight is 401 g/mol. The van der Waals surface area contributed by atoms with Crippen molar-refractivity contribution < 1.29 is 9.53 Å². The van der Waals surface area contributed by atoms with Crippen LogP contribution in [-0.2, 0) is 4.74 Å². The molecule has 0 radical (unpaired) electrons. The molecule has 1 heterocycles. The Bertz CT molecular complexity index is 845. The number of halogens is 1. The number of fused-ring (bicyclic) bond motifs is 1. The molecule has 0 aliphatic heterocycles. The van der Waals surface area contributed by atoms with Crippen LogP contribution in [0.1, 0.15) is 35.5 Å². The summed E-state index contributed by atoms with van der Waals surface area (Å²) in [4.78, 5) is 15.5. The van der Waals surface area contributed by atoms with Crippen molar-refractivity contribution in [3.05, 3.63) is 70.3 Å². The summed E-state index contributed by atoms with van der Waals surface area (Å²) in [6.07, 6.45) is 0.820. The molecule has 3 aromatic rings. The first-order valence-corrected chi connectivity index (χ1v) is 9.17. The summed E-state index contributed by atoms with van der Waals surface area (Å²) in [7, 11) is 0. The number of ether oxygens (including phenoxy) is 1. The van der Waals surface area contributed by atoms with E-state index in [2.05, 4.69) is 38.4 Å². The Morgan fingerprint density at radius 1 is 1.16 bits per heavy atom. The van der Waals surface area contributed by atoms with Crippen LogP contribution in [0.2, 0.25) is 0 Å². The minimum absolute atomic E-state index is 0.0553. The van der Waals surface area contributed by atoms with Crippen LogP contribution in [-0.4, -0.2) is 24.0 Å². The number of aromatic amines is 1. The number of nitrogens with one attached hydrogen (secondary N) is 2. The van der Waals surface area contributed by atoms with Crippen LogP contribution < -0.4 is 5.32 Å². The van der Waals surface area contributed by atoms with Gasteiger partial charge >= 0.3 is 0 Å². The maximum atomic E-state index is 12.3. The van der Waals surface area contributed by atoms with E-state index in [0.717, 1.165) is 27.4 Å². The van der Waals surface area contributed by atoms with E-state index in [1.165, 1.54) is 0 Å². The van der Waals surface area contributed by atoms with Gasteiger partial charge in [-0.15, -0.1) is 0 Å². The molecule has 1 amide bonds. The van der Waals surface area contributed by atoms with E-state index in [1.807, 2.05) is 49.4 Å². The van der Waals surface area contributed by atoms with Crippen molar-refractivity contribution in [2.24, 2.45) is 0 Å². The largest absolute Gasteiger partial charge is 0.374 e. The molecule has 1 aromatic heterocycles. The highest BCUT2D eigenvalue weighted by Crippen LogP contribution is 2.27. The number of carbonyl (C=O) groups excluding carboxylic acids is 1. The zero-order chi connectivity index (χ0) is 17.6. The van der Waals surface area contributed by atoms with E-state index in [-0.39, 0.29) is 12.0 Å². The third-order valence-corrected chi connectivity index (χ3v) is 4.94. The summed E-state index contributed by atoms with van der Waals surface area (Å²) in [5.41, 5.74) is 2.66. The van der Waals surface area contributed by atoms with Crippen LogP contribution in [0.3, 0.4) is 0 Å². The summed E-state index contributed by atoms with van der Waals surface area (Å²) in [6.45, 7) is 3.21. The van der Waals surface area contributed by atoms with Gasteiger partial charge in [0.25, 0.3) is 5.91 Å². The van der Waals surface area contributed by atoms with E-state index in [9.17, 15) is 4.79 Å². The number of benzene rings is 2. The number of hydrogen-bond donors (Lipinski definition) is 2. The summed E-state index contributed by atoms with van der Waals surface area (Å²) < 4.78 is 6.62. The van der Waals surface area contributed by atoms with Gasteiger partial charge in [0, 0.05) is 24.1 Å². The third-order valence-electron chi connectivity index (χ3n) is 4.11. The number of carbonyl (C=O) groups is 1. The number of hydrogen-bond acceptors (Lipinski definition) is 2. The van der Waals surface area contributed by atoms with Gasteiger partial charge in [-0.2, -0.15) is 0 Å². The van der Waals surface area contributed by atoms with Gasteiger partial charge in [0.05, 0.1) is 10.6 Å². The first kappa shape index (κ1) is 17.7. The van der Waals surface area contributed by atoms with Gasteiger partial charge in [-0.05, 0) is 40.9 Å². The Hall–Kier alpha value is -2.11. The van der Waals surface area contributed by atoms with Gasteiger partial charge < -0.3 is 15.0 Å². The van der Waals surface area contributed by atoms with Crippen molar-refractivity contribution in [1.82, 2.24) is 10.3 Å². The van der Waals surface area contributed by atoms with Gasteiger partial charge in [0.15, 0.2) is 0 Å². The minimum Gasteiger partial charge on any atom is -0.374 e. The summed E-state index contributed by atoms with van der Waals surface area (Å²) in [5.74, 6) is -0.112. The van der Waals surface area contributed by atoms with E-state index >= 15 is 0 Å². The summed E-state index contributed by atoms with van der Waals surface area (Å²) >= 11 is 3.50. The number of amides is 1. The molecule has 1 atom stereocenters. The molecule has 2 N–H and O–H groups in total. The standard InChI is InChI=1S/C20H21BrN2O2/c1-14(15-8-3-2-4-9-15)25-13-7-12-22-20(24)19-18(21)16-10-5-6-11-17(16)23-19/h2-6,8-11,14,23H,7,12-13H2,1H3,(H,22,24). The normalized spacial score (nSPS) is 12.2. The Balaban J connectivity index is 1.45. The van der Waals surface area contributed by atoms with Gasteiger partial charge in [-0.1, -0.05) is 48.5 Å². The molecule has 4 nitrogen and oxygen atoms in total. The molecule has 0 aliphatic carbocycles. The molecule has 1 unspecified atom stereocenters. The molecule has 130 valence electrons. The van der Waals surface area contributed by atoms with Gasteiger partial charge in [0.1, 0.15) is 5.69 Å². The summed E-state index contributed by atoms with van der Waals surface area (Å²) in [6, 6.07) is 17.9. The lowest BCUT2D eigenvalue weighted by atomic mass is 10.1. The van der Waals surface area contributed by atoms with Gasteiger partial charge in [0.2, 0.25) is 0 Å². The minimum atomic E-state index is -0.112. The van der Waals surface area contributed by atoms with Crippen LogP contribution >= 0.6 is 15.9 Å². The van der Waals surface area contributed by atoms with E-state index in [4.69, 9.17) is 4.74 Å². The lowest BCUT2D eigenvalue weighted by molar-refractivity contribution is 0.0634. The predicted octanol–water partition coefficient (Wildman–Crippen LogP) is 4.83. The van der Waals surface area contributed by atoms with Crippen molar-refractivity contribution in [2.45, 2.75) is 19.4 Å². The Labute approximate surface area is 155 Å². The average Bonchev–Trinajstić information content (AvgIpc) is 2.99. The second kappa shape index (κ2) is 8.32. The van der Waals surface area contributed by atoms with E-state index in [1.54, 1.807) is 0 Å². The molecule has 3 rings (SSSR count). The fourth-order valence-electron chi connectivity index (χ4n) is 2.71. The molecular formula is C20H21BrN2O2. The van der Waals surface area contributed by atoms with Gasteiger partial charge in [-0.3, -0.25) is 4.79 Å². The van der Waals surface area contributed by atoms with Crippen molar-refractivity contribution in [2.75, 3.05) is 13.2 Å². The molecule has 0 aliphatic rings. The zero-order valence-corrected chi connectivity index (χ0v) is 15.7. The first-order valence-electron chi connectivity index (χ1n) is 8.38. The Kier molecular flexibility index (Phi) is 5.89. The highest BCUT2D eigenvalue weighted by Gasteiger charge is 2.15. The number of rotatable bonds is 7. The molecule has 25 heavy (non-hydrogen) atoms. The van der Waals surface area contributed by atoms with Crippen LogP contribution in [0.4, 0.5) is 0 Å². The van der Waals surface area contributed by atoms with Crippen molar-refractivity contribution in [3.8, 4) is 0 Å². The Morgan fingerprint density at radius 2 is 1.88 bits per heavy atom. The molecule has 0 spiro atoms. The van der Waals surface area contributed by atoms with Crippen molar-refractivity contribution in [1.29, 1.82) is 0 Å². The smallest absolute Gasteiger partial charge is 0.268 e. The maximum Gasteiger partial charge on any atom is 0.268 e. The molecular weight excluding hydrogens is 380 g/mol. The first-order chi connectivity index (χ1) is 12.2. The second-order valence-corrected chi connectivity index (χ2v) is 6.69. The predicted molar refractivity (Wildman–Crippen MR) is 104 cm³/mol. The van der Waals surface area contributed by atoms with Crippen LogP contribution in [0.5, 0.6) is 0 Å². The van der Waals surface area contributed by atoms with Crippen molar-refractivity contribution >= 4 is 32.7 Å². The highest BCUT2D eigenvalue weighted by atomic mass is 79.9. The highest BCUT2D eigenvalue weighted by molar-refractivity contribution is 9.10. The second-order valence-electron chi connectivity index (χ2n) is 5.89. The monoisotopic (exact) mass is 400 g/mol. The fourth-order valence-corrected chi connectivity index (χ4v) is 3.33. The molecule has 2 aromatic carbocycles. The van der Waals surface area contributed by atoms with E-state index < -0.39 is 0 Å². The number of para-hydroxylation sites is 1. The molecule has 0 fully saturated rings. The molecule has 0 bridgehead atoms. The number of aromatic nitrogens is 1. The zero-order valence-electron chi connectivity index (χ0n) is 14.1. The van der Waals surface area contributed by atoms with Crippen LogP contribution in [0.15, 0.2) is 59.1 Å². The van der Waals surface area contributed by atoms with Crippen LogP contribution in [0.25, 0.3) is 10.9 Å². The van der Waals surface area contributed by atoms with Crippen molar-refractivity contribution in [3.63, 3.8) is 0 Å². The lowest BCUT2D eigenvalue weighted by Crippen LogP contribution is -2.26. The molecule has 0 saturated heterocycles. The number of H-pyrrole nitrogens is 1. The Morgan fingerprint density at radius 3 is 2.64 bits per heavy atom. The molecule has 0 saturated carbocycles. The third kappa shape index (κ3) is 4.30. The topological polar surface area (TPSA) is 54.1 Å².